The highest BCUT2D eigenvalue weighted by Crippen LogP contribution is 2.25. The lowest BCUT2D eigenvalue weighted by Gasteiger charge is -2.09. The van der Waals surface area contributed by atoms with E-state index in [-0.39, 0.29) is 5.91 Å². The first-order chi connectivity index (χ1) is 9.78. The van der Waals surface area contributed by atoms with Gasteiger partial charge < -0.3 is 11.1 Å². The maximum absolute atomic E-state index is 12.2. The van der Waals surface area contributed by atoms with Gasteiger partial charge >= 0.3 is 0 Å². The highest BCUT2D eigenvalue weighted by atomic mass is 16.2. The van der Waals surface area contributed by atoms with Gasteiger partial charge in [-0.2, -0.15) is 0 Å². The third-order valence-electron chi connectivity index (χ3n) is 3.41. The van der Waals surface area contributed by atoms with E-state index in [1.54, 1.807) is 6.20 Å². The normalized spacial score (nSPS) is 14.1. The van der Waals surface area contributed by atoms with Crippen molar-refractivity contribution in [2.45, 2.75) is 25.4 Å². The summed E-state index contributed by atoms with van der Waals surface area (Å²) in [4.78, 5) is 16.5. The zero-order valence-corrected chi connectivity index (χ0v) is 11.2. The largest absolute Gasteiger partial charge is 0.348 e. The quantitative estimate of drug-likeness (QED) is 0.891. The van der Waals surface area contributed by atoms with Crippen LogP contribution in [0.2, 0.25) is 0 Å². The molecule has 1 aliphatic rings. The van der Waals surface area contributed by atoms with Crippen LogP contribution in [0.25, 0.3) is 11.1 Å². The summed E-state index contributed by atoms with van der Waals surface area (Å²) in [6.07, 6.45) is 3.78. The fourth-order valence-corrected chi connectivity index (χ4v) is 2.17. The van der Waals surface area contributed by atoms with Crippen LogP contribution in [0.5, 0.6) is 0 Å². The number of benzene rings is 1. The van der Waals surface area contributed by atoms with Gasteiger partial charge in [-0.1, -0.05) is 24.3 Å². The zero-order chi connectivity index (χ0) is 13.9. The summed E-state index contributed by atoms with van der Waals surface area (Å²) in [5.74, 6) is -0.0961. The summed E-state index contributed by atoms with van der Waals surface area (Å²) >= 11 is 0. The van der Waals surface area contributed by atoms with E-state index >= 15 is 0 Å². The molecule has 102 valence electrons. The molecule has 2 aromatic rings. The second kappa shape index (κ2) is 5.43. The highest BCUT2D eigenvalue weighted by molar-refractivity contribution is 5.99. The van der Waals surface area contributed by atoms with Gasteiger partial charge in [-0.05, 0) is 36.1 Å². The molecule has 4 nitrogen and oxygen atoms in total. The molecule has 1 aromatic heterocycles. The molecule has 1 fully saturated rings. The van der Waals surface area contributed by atoms with Crippen LogP contribution in [0.4, 0.5) is 0 Å². The third kappa shape index (κ3) is 2.70. The molecule has 1 saturated carbocycles. The van der Waals surface area contributed by atoms with Crippen LogP contribution in [-0.4, -0.2) is 16.9 Å². The van der Waals surface area contributed by atoms with E-state index < -0.39 is 0 Å². The molecule has 4 heteroatoms. The fourth-order valence-electron chi connectivity index (χ4n) is 2.17. The second-order valence-corrected chi connectivity index (χ2v) is 5.05. The Morgan fingerprint density at radius 3 is 2.90 bits per heavy atom. The molecule has 0 spiro atoms. The van der Waals surface area contributed by atoms with Gasteiger partial charge in [0.2, 0.25) is 0 Å². The Morgan fingerprint density at radius 1 is 1.30 bits per heavy atom. The van der Waals surface area contributed by atoms with Crippen molar-refractivity contribution in [3.8, 4) is 11.1 Å². The molecular weight excluding hydrogens is 250 g/mol. The summed E-state index contributed by atoms with van der Waals surface area (Å²) in [6.45, 7) is 0.484. The van der Waals surface area contributed by atoms with Crippen LogP contribution in [0.15, 0.2) is 42.6 Å². The lowest BCUT2D eigenvalue weighted by molar-refractivity contribution is 0.0947. The summed E-state index contributed by atoms with van der Waals surface area (Å²) in [7, 11) is 0. The number of nitrogens with one attached hydrogen (secondary N) is 1. The Balaban J connectivity index is 1.97. The third-order valence-corrected chi connectivity index (χ3v) is 3.41. The van der Waals surface area contributed by atoms with Crippen molar-refractivity contribution < 1.29 is 4.79 Å². The molecule has 20 heavy (non-hydrogen) atoms. The number of carbonyl (C=O) groups excluding carboxylic acids is 1. The number of carbonyl (C=O) groups is 1. The topological polar surface area (TPSA) is 68.0 Å². The lowest BCUT2D eigenvalue weighted by Crippen LogP contribution is -2.26. The van der Waals surface area contributed by atoms with Gasteiger partial charge in [0.05, 0.1) is 0 Å². The van der Waals surface area contributed by atoms with Crippen LogP contribution in [0, 0.1) is 0 Å². The SMILES string of the molecule is NCc1cccc(-c2cccnc2C(=O)NC2CC2)c1. The predicted octanol–water partition coefficient (Wildman–Crippen LogP) is 2.10. The van der Waals surface area contributed by atoms with E-state index in [0.29, 0.717) is 18.3 Å². The van der Waals surface area contributed by atoms with Crippen molar-refractivity contribution in [2.24, 2.45) is 5.73 Å². The number of nitrogens with zero attached hydrogens (tertiary/aromatic N) is 1. The van der Waals surface area contributed by atoms with Crippen molar-refractivity contribution in [1.29, 1.82) is 0 Å². The Morgan fingerprint density at radius 2 is 2.15 bits per heavy atom. The molecule has 0 atom stereocenters. The van der Waals surface area contributed by atoms with Crippen LogP contribution < -0.4 is 11.1 Å². The predicted molar refractivity (Wildman–Crippen MR) is 78.1 cm³/mol. The first-order valence-corrected chi connectivity index (χ1v) is 6.83. The summed E-state index contributed by atoms with van der Waals surface area (Å²) in [5.41, 5.74) is 9.02. The number of nitrogens with two attached hydrogens (primary N) is 1. The van der Waals surface area contributed by atoms with Crippen molar-refractivity contribution in [1.82, 2.24) is 10.3 Å². The van der Waals surface area contributed by atoms with Gasteiger partial charge in [-0.25, -0.2) is 0 Å². The van der Waals surface area contributed by atoms with E-state index in [0.717, 1.165) is 29.5 Å². The van der Waals surface area contributed by atoms with Gasteiger partial charge in [0.15, 0.2) is 0 Å². The molecule has 0 radical (unpaired) electrons. The average Bonchev–Trinajstić information content (AvgIpc) is 3.31. The van der Waals surface area contributed by atoms with Crippen molar-refractivity contribution in [3.05, 3.63) is 53.9 Å². The Labute approximate surface area is 118 Å². The maximum atomic E-state index is 12.2. The number of rotatable bonds is 4. The minimum absolute atomic E-state index is 0.0961. The van der Waals surface area contributed by atoms with E-state index in [1.807, 2.05) is 36.4 Å². The Kier molecular flexibility index (Phi) is 3.48. The number of amides is 1. The molecule has 1 heterocycles. The second-order valence-electron chi connectivity index (χ2n) is 5.05. The molecule has 1 aromatic carbocycles. The fraction of sp³-hybridized carbons (Fsp3) is 0.250. The lowest BCUT2D eigenvalue weighted by atomic mass is 10.0. The minimum Gasteiger partial charge on any atom is -0.348 e. The molecule has 0 bridgehead atoms. The monoisotopic (exact) mass is 267 g/mol. The smallest absolute Gasteiger partial charge is 0.270 e. The van der Waals surface area contributed by atoms with Gasteiger partial charge in [0.25, 0.3) is 5.91 Å². The van der Waals surface area contributed by atoms with Gasteiger partial charge in [0.1, 0.15) is 5.69 Å². The van der Waals surface area contributed by atoms with Crippen LogP contribution >= 0.6 is 0 Å². The zero-order valence-electron chi connectivity index (χ0n) is 11.2. The van der Waals surface area contributed by atoms with Crippen molar-refractivity contribution in [3.63, 3.8) is 0 Å². The Hall–Kier alpha value is -2.20. The van der Waals surface area contributed by atoms with Crippen LogP contribution in [0.3, 0.4) is 0 Å². The molecule has 3 N–H and O–H groups in total. The van der Waals surface area contributed by atoms with Crippen LogP contribution in [-0.2, 0) is 6.54 Å². The first-order valence-electron chi connectivity index (χ1n) is 6.83. The molecule has 0 unspecified atom stereocenters. The van der Waals surface area contributed by atoms with E-state index in [2.05, 4.69) is 10.3 Å². The van der Waals surface area contributed by atoms with Gasteiger partial charge in [0, 0.05) is 24.3 Å². The standard InChI is InChI=1S/C16H17N3O/c17-10-11-3-1-4-12(9-11)14-5-2-8-18-15(14)16(20)19-13-6-7-13/h1-5,8-9,13H,6-7,10,17H2,(H,19,20). The molecule has 1 amide bonds. The first kappa shape index (κ1) is 12.8. The maximum Gasteiger partial charge on any atom is 0.270 e. The van der Waals surface area contributed by atoms with Gasteiger partial charge in [-0.3, -0.25) is 9.78 Å². The van der Waals surface area contributed by atoms with Gasteiger partial charge in [-0.15, -0.1) is 0 Å². The summed E-state index contributed by atoms with van der Waals surface area (Å²) in [5, 5.41) is 2.98. The Bertz CT molecular complexity index is 635. The number of aromatic nitrogens is 1. The molecule has 0 saturated heterocycles. The number of hydrogen-bond acceptors (Lipinski definition) is 3. The van der Waals surface area contributed by atoms with Crippen molar-refractivity contribution in [2.75, 3.05) is 0 Å². The van der Waals surface area contributed by atoms with Crippen molar-refractivity contribution >= 4 is 5.91 Å². The van der Waals surface area contributed by atoms with Crippen LogP contribution in [0.1, 0.15) is 28.9 Å². The molecular formula is C16H17N3O. The molecule has 0 aliphatic heterocycles. The summed E-state index contributed by atoms with van der Waals surface area (Å²) < 4.78 is 0. The molecule has 1 aliphatic carbocycles. The molecule has 3 rings (SSSR count). The average molecular weight is 267 g/mol. The van der Waals surface area contributed by atoms with E-state index in [4.69, 9.17) is 5.73 Å². The summed E-state index contributed by atoms with van der Waals surface area (Å²) in [6, 6.07) is 12.0. The number of hydrogen-bond donors (Lipinski definition) is 2. The minimum atomic E-state index is -0.0961. The van der Waals surface area contributed by atoms with E-state index in [9.17, 15) is 4.79 Å². The number of pyridine rings is 1. The highest BCUT2D eigenvalue weighted by Gasteiger charge is 2.25. The van der Waals surface area contributed by atoms with E-state index in [1.165, 1.54) is 0 Å².